The van der Waals surface area contributed by atoms with Crippen molar-refractivity contribution in [3.63, 3.8) is 0 Å². The van der Waals surface area contributed by atoms with Gasteiger partial charge in [-0.25, -0.2) is 9.78 Å². The van der Waals surface area contributed by atoms with E-state index < -0.39 is 23.3 Å². The maximum Gasteiger partial charge on any atom is 0.339 e. The van der Waals surface area contributed by atoms with Crippen LogP contribution in [0.3, 0.4) is 0 Å². The molecule has 1 saturated heterocycles. The zero-order valence-corrected chi connectivity index (χ0v) is 23.9. The molecule has 0 radical (unpaired) electrons. The van der Waals surface area contributed by atoms with E-state index in [2.05, 4.69) is 0 Å². The van der Waals surface area contributed by atoms with Gasteiger partial charge < -0.3 is 4.74 Å². The largest absolute Gasteiger partial charge is 0.454 e. The van der Waals surface area contributed by atoms with Crippen LogP contribution in [0, 0.1) is 33.8 Å². The Hall–Kier alpha value is -4.96. The lowest BCUT2D eigenvalue weighted by Gasteiger charge is -2.19. The van der Waals surface area contributed by atoms with Gasteiger partial charge in [0.25, 0.3) is 5.69 Å². The predicted molar refractivity (Wildman–Crippen MR) is 160 cm³/mol. The number of nitrogens with zero attached hydrogens (tertiary/aromatic N) is 3. The van der Waals surface area contributed by atoms with E-state index >= 15 is 0 Å². The fourth-order valence-corrected chi connectivity index (χ4v) is 7.19. The van der Waals surface area contributed by atoms with Gasteiger partial charge in [-0.15, -0.1) is 0 Å². The first kappa shape index (κ1) is 27.8. The number of carbonyl (C=O) groups excluding carboxylic acids is 4. The van der Waals surface area contributed by atoms with Gasteiger partial charge in [-0.2, -0.15) is 0 Å². The highest BCUT2D eigenvalue weighted by Crippen LogP contribution is 2.56. The quantitative estimate of drug-likeness (QED) is 0.0813. The zero-order chi connectivity index (χ0) is 30.7. The van der Waals surface area contributed by atoms with Crippen LogP contribution >= 0.6 is 11.6 Å². The maximum absolute atomic E-state index is 13.3. The van der Waals surface area contributed by atoms with Crippen LogP contribution in [0.1, 0.15) is 40.0 Å². The van der Waals surface area contributed by atoms with Crippen LogP contribution in [0.2, 0.25) is 5.02 Å². The standard InChI is InChI=1S/C33H24ClN3O7/c34-21-7-12-26-24(14-21)25(33(41)44-16-28(38)18-5-10-23(11-6-18)37(42)43)15-27(35-26)17-3-8-22(9-4-17)36-31(39)29-19-1-2-20(13-19)30(29)32(36)40/h3-12,14-15,19-20,29-30H,1-2,13,16H2. The maximum atomic E-state index is 13.3. The molecule has 2 saturated carbocycles. The molecule has 1 aliphatic heterocycles. The van der Waals surface area contributed by atoms with Crippen molar-refractivity contribution in [3.05, 3.63) is 99.1 Å². The topological polar surface area (TPSA) is 137 Å². The second-order valence-corrected chi connectivity index (χ2v) is 11.9. The molecule has 0 spiro atoms. The minimum Gasteiger partial charge on any atom is -0.454 e. The molecule has 220 valence electrons. The monoisotopic (exact) mass is 609 g/mol. The molecule has 2 heterocycles. The molecule has 3 fully saturated rings. The van der Waals surface area contributed by atoms with Gasteiger partial charge in [-0.1, -0.05) is 23.7 Å². The number of nitro groups is 1. The molecule has 3 aromatic carbocycles. The number of imide groups is 1. The predicted octanol–water partition coefficient (Wildman–Crippen LogP) is 6.04. The van der Waals surface area contributed by atoms with Crippen LogP contribution in [-0.2, 0) is 14.3 Å². The third kappa shape index (κ3) is 4.62. The van der Waals surface area contributed by atoms with Gasteiger partial charge in [0.1, 0.15) is 0 Å². The Morgan fingerprint density at radius 3 is 2.23 bits per heavy atom. The fraction of sp³-hybridized carbons (Fsp3) is 0.242. The van der Waals surface area contributed by atoms with Crippen molar-refractivity contribution < 1.29 is 28.8 Å². The number of rotatable bonds is 7. The van der Waals surface area contributed by atoms with Gasteiger partial charge >= 0.3 is 5.97 Å². The fourth-order valence-electron chi connectivity index (χ4n) is 7.02. The Bertz CT molecular complexity index is 1860. The Balaban J connectivity index is 1.14. The van der Waals surface area contributed by atoms with Gasteiger partial charge in [0.05, 0.1) is 39.2 Å². The Labute approximate surface area is 255 Å². The van der Waals surface area contributed by atoms with E-state index in [9.17, 15) is 29.3 Å². The lowest BCUT2D eigenvalue weighted by molar-refractivity contribution is -0.384. The number of fused-ring (bicyclic) bond motifs is 6. The number of amides is 2. The summed E-state index contributed by atoms with van der Waals surface area (Å²) in [5.74, 6) is -1.37. The molecule has 2 bridgehead atoms. The summed E-state index contributed by atoms with van der Waals surface area (Å²) < 4.78 is 5.35. The molecule has 11 heteroatoms. The molecule has 4 aromatic rings. The number of non-ortho nitro benzene ring substituents is 1. The number of hydrogen-bond donors (Lipinski definition) is 0. The minimum atomic E-state index is -0.776. The van der Waals surface area contributed by atoms with Crippen LogP contribution in [0.15, 0.2) is 72.8 Å². The number of benzene rings is 3. The third-order valence-electron chi connectivity index (χ3n) is 9.07. The molecule has 44 heavy (non-hydrogen) atoms. The molecule has 1 aromatic heterocycles. The summed E-state index contributed by atoms with van der Waals surface area (Å²) >= 11 is 6.21. The summed E-state index contributed by atoms with van der Waals surface area (Å²) in [6, 6.07) is 18.4. The van der Waals surface area contributed by atoms with Crippen LogP contribution in [0.4, 0.5) is 11.4 Å². The molecule has 0 N–H and O–H groups in total. The number of carbonyl (C=O) groups is 4. The molecular weight excluding hydrogens is 586 g/mol. The normalized spacial score (nSPS) is 22.0. The van der Waals surface area contributed by atoms with Crippen molar-refractivity contribution in [2.75, 3.05) is 11.5 Å². The van der Waals surface area contributed by atoms with Crippen molar-refractivity contribution in [1.82, 2.24) is 4.98 Å². The average Bonchev–Trinajstić information content (AvgIpc) is 3.72. The number of anilines is 1. The van der Waals surface area contributed by atoms with Gasteiger partial charge in [0, 0.05) is 33.7 Å². The van der Waals surface area contributed by atoms with E-state index in [1.54, 1.807) is 48.5 Å². The van der Waals surface area contributed by atoms with E-state index in [1.807, 2.05) is 0 Å². The van der Waals surface area contributed by atoms with Crippen molar-refractivity contribution >= 4 is 57.4 Å². The number of aromatic nitrogens is 1. The highest BCUT2D eigenvalue weighted by atomic mass is 35.5. The van der Waals surface area contributed by atoms with Gasteiger partial charge in [0.2, 0.25) is 11.8 Å². The molecule has 7 rings (SSSR count). The molecular formula is C33H24ClN3O7. The van der Waals surface area contributed by atoms with Gasteiger partial charge in [-0.05, 0) is 79.6 Å². The van der Waals surface area contributed by atoms with Crippen molar-refractivity contribution in [2.45, 2.75) is 19.3 Å². The first-order valence-electron chi connectivity index (χ1n) is 14.2. The second-order valence-electron chi connectivity index (χ2n) is 11.5. The van der Waals surface area contributed by atoms with Gasteiger partial charge in [-0.3, -0.25) is 29.4 Å². The number of esters is 1. The zero-order valence-electron chi connectivity index (χ0n) is 23.1. The van der Waals surface area contributed by atoms with E-state index in [4.69, 9.17) is 21.3 Å². The first-order valence-corrected chi connectivity index (χ1v) is 14.6. The third-order valence-corrected chi connectivity index (χ3v) is 9.31. The summed E-state index contributed by atoms with van der Waals surface area (Å²) in [4.78, 5) is 68.7. The lowest BCUT2D eigenvalue weighted by Crippen LogP contribution is -2.32. The number of pyridine rings is 1. The molecule has 4 unspecified atom stereocenters. The lowest BCUT2D eigenvalue weighted by atomic mass is 9.81. The minimum absolute atomic E-state index is 0.117. The molecule has 3 aliphatic rings. The number of ketones is 1. The van der Waals surface area contributed by atoms with Gasteiger partial charge in [0.15, 0.2) is 12.4 Å². The number of hydrogen-bond acceptors (Lipinski definition) is 8. The van der Waals surface area contributed by atoms with Crippen molar-refractivity contribution in [2.24, 2.45) is 23.7 Å². The Morgan fingerprint density at radius 2 is 1.59 bits per heavy atom. The second kappa shape index (κ2) is 10.6. The summed E-state index contributed by atoms with van der Waals surface area (Å²) in [7, 11) is 0. The van der Waals surface area contributed by atoms with Crippen LogP contribution < -0.4 is 4.90 Å². The molecule has 2 amide bonds. The van der Waals surface area contributed by atoms with E-state index in [0.29, 0.717) is 44.7 Å². The highest BCUT2D eigenvalue weighted by molar-refractivity contribution is 6.31. The van der Waals surface area contributed by atoms with Crippen LogP contribution in [0.25, 0.3) is 22.2 Å². The van der Waals surface area contributed by atoms with E-state index in [-0.39, 0.29) is 40.5 Å². The van der Waals surface area contributed by atoms with Crippen LogP contribution in [-0.4, -0.2) is 40.1 Å². The number of nitro benzene ring substituents is 1. The van der Waals surface area contributed by atoms with Crippen LogP contribution in [0.5, 0.6) is 0 Å². The first-order chi connectivity index (χ1) is 21.2. The van der Waals surface area contributed by atoms with E-state index in [1.165, 1.54) is 29.2 Å². The van der Waals surface area contributed by atoms with Crippen molar-refractivity contribution in [3.8, 4) is 11.3 Å². The number of ether oxygens (including phenoxy) is 1. The number of halogens is 1. The van der Waals surface area contributed by atoms with Crippen molar-refractivity contribution in [1.29, 1.82) is 0 Å². The Kier molecular flexibility index (Phi) is 6.73. The molecule has 10 nitrogen and oxygen atoms in total. The average molecular weight is 610 g/mol. The SMILES string of the molecule is O=C(COC(=O)c1cc(-c2ccc(N3C(=O)C4C5CCC(C5)C4C3=O)cc2)nc2ccc(Cl)cc12)c1ccc([N+](=O)[O-])cc1. The van der Waals surface area contributed by atoms with E-state index in [0.717, 1.165) is 19.3 Å². The summed E-state index contributed by atoms with van der Waals surface area (Å²) in [6.07, 6.45) is 2.98. The highest BCUT2D eigenvalue weighted by Gasteiger charge is 2.61. The summed E-state index contributed by atoms with van der Waals surface area (Å²) in [5.41, 5.74) is 2.20. The smallest absolute Gasteiger partial charge is 0.339 e. The number of Topliss-reactive ketones (excluding diaryl/α,β-unsaturated/α-hetero) is 1. The summed E-state index contributed by atoms with van der Waals surface area (Å²) in [5, 5.41) is 11.7. The molecule has 2 aliphatic carbocycles. The Morgan fingerprint density at radius 1 is 0.932 bits per heavy atom. The molecule has 4 atom stereocenters. The summed E-state index contributed by atoms with van der Waals surface area (Å²) in [6.45, 7) is -0.577.